The molecule has 0 aliphatic carbocycles. The summed E-state index contributed by atoms with van der Waals surface area (Å²) in [5.41, 5.74) is 3.04. The lowest BCUT2D eigenvalue weighted by molar-refractivity contribution is 0.122. The lowest BCUT2D eigenvalue weighted by atomic mass is 10.2. The Hall–Kier alpha value is -2.07. The summed E-state index contributed by atoms with van der Waals surface area (Å²) in [6, 6.07) is 12.1. The molecule has 4 heteroatoms. The van der Waals surface area contributed by atoms with Crippen LogP contribution >= 0.6 is 0 Å². The zero-order valence-electron chi connectivity index (χ0n) is 10.7. The van der Waals surface area contributed by atoms with E-state index in [4.69, 9.17) is 10.1 Å². The standard InChI is InChI=1S/C15H16N3O/c16-12-15-2-1-7-18(15)14-5-3-13(4-6-14)17-8-10-19-11-9-17/h1-7,12H,8-11H2. The molecule has 1 fully saturated rings. The van der Waals surface area contributed by atoms with Crippen molar-refractivity contribution < 1.29 is 4.74 Å². The summed E-state index contributed by atoms with van der Waals surface area (Å²) in [5, 5.41) is 9.16. The Morgan fingerprint density at radius 3 is 2.37 bits per heavy atom. The van der Waals surface area contributed by atoms with Crippen LogP contribution in [0.1, 0.15) is 5.69 Å². The van der Waals surface area contributed by atoms with Crippen LogP contribution in [0.2, 0.25) is 0 Å². The van der Waals surface area contributed by atoms with Crippen molar-refractivity contribution in [1.82, 2.24) is 9.98 Å². The van der Waals surface area contributed by atoms with Crippen molar-refractivity contribution in [2.45, 2.75) is 0 Å². The number of aromatic nitrogens is 1. The second-order valence-electron chi connectivity index (χ2n) is 4.55. The Kier molecular flexibility index (Phi) is 3.33. The van der Waals surface area contributed by atoms with Crippen LogP contribution in [0.25, 0.3) is 5.69 Å². The summed E-state index contributed by atoms with van der Waals surface area (Å²) in [6.07, 6.45) is 3.06. The van der Waals surface area contributed by atoms with Gasteiger partial charge in [-0.25, -0.2) is 0 Å². The van der Waals surface area contributed by atoms with Crippen LogP contribution in [0.3, 0.4) is 0 Å². The van der Waals surface area contributed by atoms with E-state index in [-0.39, 0.29) is 0 Å². The molecule has 4 nitrogen and oxygen atoms in total. The molecule has 0 spiro atoms. The van der Waals surface area contributed by atoms with Crippen molar-refractivity contribution in [1.29, 1.82) is 0 Å². The molecule has 0 amide bonds. The number of morpholine rings is 1. The van der Waals surface area contributed by atoms with Gasteiger partial charge in [0.05, 0.1) is 25.1 Å². The Balaban J connectivity index is 1.84. The zero-order chi connectivity index (χ0) is 13.1. The number of rotatable bonds is 3. The fourth-order valence-corrected chi connectivity index (χ4v) is 2.38. The Bertz CT molecular complexity index is 553. The molecule has 1 aliphatic heterocycles. The van der Waals surface area contributed by atoms with E-state index < -0.39 is 0 Å². The van der Waals surface area contributed by atoms with Crippen molar-refractivity contribution in [2.24, 2.45) is 0 Å². The summed E-state index contributed by atoms with van der Waals surface area (Å²) in [6.45, 7) is 3.48. The Morgan fingerprint density at radius 2 is 1.68 bits per heavy atom. The summed E-state index contributed by atoms with van der Waals surface area (Å²) < 4.78 is 7.30. The minimum atomic E-state index is 0.777. The van der Waals surface area contributed by atoms with E-state index in [1.807, 2.05) is 22.9 Å². The van der Waals surface area contributed by atoms with Crippen molar-refractivity contribution in [3.63, 3.8) is 0 Å². The normalized spacial score (nSPS) is 15.5. The van der Waals surface area contributed by atoms with Crippen molar-refractivity contribution in [2.75, 3.05) is 31.2 Å². The highest BCUT2D eigenvalue weighted by Crippen LogP contribution is 2.19. The summed E-state index contributed by atoms with van der Waals surface area (Å²) in [5.74, 6) is 0. The van der Waals surface area contributed by atoms with Gasteiger partial charge in [-0.1, -0.05) is 0 Å². The Labute approximate surface area is 112 Å². The molecular formula is C15H16N3O. The summed E-state index contributed by atoms with van der Waals surface area (Å²) in [7, 11) is 0. The Morgan fingerprint density at radius 1 is 1.00 bits per heavy atom. The molecule has 97 valence electrons. The van der Waals surface area contributed by atoms with Gasteiger partial charge in [0.2, 0.25) is 0 Å². The molecule has 0 N–H and O–H groups in total. The highest BCUT2D eigenvalue weighted by Gasteiger charge is 2.11. The van der Waals surface area contributed by atoms with E-state index in [0.29, 0.717) is 0 Å². The maximum atomic E-state index is 9.16. The number of anilines is 1. The molecule has 2 aromatic rings. The van der Waals surface area contributed by atoms with Gasteiger partial charge < -0.3 is 14.2 Å². The van der Waals surface area contributed by atoms with E-state index in [0.717, 1.165) is 43.9 Å². The van der Waals surface area contributed by atoms with Gasteiger partial charge in [0.15, 0.2) is 0 Å². The topological polar surface area (TPSA) is 39.7 Å². The van der Waals surface area contributed by atoms with Gasteiger partial charge in [-0.15, -0.1) is 0 Å². The van der Waals surface area contributed by atoms with Crippen LogP contribution in [-0.2, 0) is 4.74 Å². The number of benzene rings is 1. The lowest BCUT2D eigenvalue weighted by Crippen LogP contribution is -2.36. The van der Waals surface area contributed by atoms with Crippen LogP contribution in [0.4, 0.5) is 5.69 Å². The quantitative estimate of drug-likeness (QED) is 0.779. The van der Waals surface area contributed by atoms with E-state index in [1.54, 1.807) is 0 Å². The second kappa shape index (κ2) is 5.28. The van der Waals surface area contributed by atoms with Crippen molar-refractivity contribution >= 4 is 11.9 Å². The van der Waals surface area contributed by atoms with Crippen LogP contribution < -0.4 is 10.3 Å². The molecular weight excluding hydrogens is 238 g/mol. The fourth-order valence-electron chi connectivity index (χ4n) is 2.38. The van der Waals surface area contributed by atoms with Crippen molar-refractivity contribution in [3.05, 3.63) is 48.3 Å². The number of ether oxygens (including phenoxy) is 1. The van der Waals surface area contributed by atoms with Gasteiger partial charge >= 0.3 is 0 Å². The minimum absolute atomic E-state index is 0.777. The van der Waals surface area contributed by atoms with Gasteiger partial charge in [0.1, 0.15) is 0 Å². The van der Waals surface area contributed by atoms with Crippen LogP contribution in [0.5, 0.6) is 0 Å². The van der Waals surface area contributed by atoms with Crippen LogP contribution in [0.15, 0.2) is 42.6 Å². The molecule has 1 aromatic heterocycles. The zero-order valence-corrected chi connectivity index (χ0v) is 10.7. The van der Waals surface area contributed by atoms with Gasteiger partial charge in [0.25, 0.3) is 0 Å². The smallest absolute Gasteiger partial charge is 0.0736 e. The maximum absolute atomic E-state index is 9.16. The van der Waals surface area contributed by atoms with Gasteiger partial charge in [-0.05, 0) is 36.4 Å². The molecule has 3 rings (SSSR count). The predicted molar refractivity (Wildman–Crippen MR) is 76.1 cm³/mol. The molecule has 1 aliphatic rings. The van der Waals surface area contributed by atoms with Crippen LogP contribution in [-0.4, -0.2) is 37.1 Å². The van der Waals surface area contributed by atoms with Gasteiger partial charge in [0, 0.05) is 30.7 Å². The summed E-state index contributed by atoms with van der Waals surface area (Å²) in [4.78, 5) is 2.32. The van der Waals surface area contributed by atoms with E-state index in [1.165, 1.54) is 5.69 Å². The van der Waals surface area contributed by atoms with Gasteiger partial charge in [-0.3, -0.25) is 0 Å². The van der Waals surface area contributed by atoms with Gasteiger partial charge in [-0.2, -0.15) is 5.41 Å². The largest absolute Gasteiger partial charge is 0.378 e. The molecule has 1 aromatic carbocycles. The molecule has 19 heavy (non-hydrogen) atoms. The molecule has 2 heterocycles. The third kappa shape index (κ3) is 2.39. The average Bonchev–Trinajstić information content (AvgIpc) is 2.97. The number of hydrogen-bond donors (Lipinski definition) is 0. The molecule has 0 unspecified atom stereocenters. The van der Waals surface area contributed by atoms with Crippen molar-refractivity contribution in [3.8, 4) is 5.69 Å². The van der Waals surface area contributed by atoms with Crippen LogP contribution in [0, 0.1) is 0 Å². The SMILES string of the molecule is [N]=Cc1cccn1-c1ccc(N2CCOCC2)cc1. The molecule has 0 atom stereocenters. The third-order valence-corrected chi connectivity index (χ3v) is 3.42. The maximum Gasteiger partial charge on any atom is 0.0736 e. The lowest BCUT2D eigenvalue weighted by Gasteiger charge is -2.29. The summed E-state index contributed by atoms with van der Waals surface area (Å²) >= 11 is 0. The molecule has 1 radical (unpaired) electrons. The predicted octanol–water partition coefficient (Wildman–Crippen LogP) is 1.53. The highest BCUT2D eigenvalue weighted by atomic mass is 16.5. The first-order chi connectivity index (χ1) is 9.38. The first-order valence-electron chi connectivity index (χ1n) is 6.46. The van der Waals surface area contributed by atoms with E-state index in [9.17, 15) is 0 Å². The second-order valence-corrected chi connectivity index (χ2v) is 4.55. The number of hydrogen-bond acceptors (Lipinski definition) is 2. The minimum Gasteiger partial charge on any atom is -0.378 e. The molecule has 0 saturated carbocycles. The molecule has 1 saturated heterocycles. The third-order valence-electron chi connectivity index (χ3n) is 3.42. The first kappa shape index (κ1) is 12.0. The van der Waals surface area contributed by atoms with E-state index >= 15 is 0 Å². The molecule has 0 bridgehead atoms. The fraction of sp³-hybridized carbons (Fsp3) is 0.267. The van der Waals surface area contributed by atoms with E-state index in [2.05, 4.69) is 29.2 Å². The average molecular weight is 254 g/mol. The monoisotopic (exact) mass is 254 g/mol. The highest BCUT2D eigenvalue weighted by molar-refractivity contribution is 5.76. The first-order valence-corrected chi connectivity index (χ1v) is 6.46. The number of nitrogens with zero attached hydrogens (tertiary/aromatic N) is 3.